The van der Waals surface area contributed by atoms with Crippen LogP contribution in [-0.2, 0) is 9.59 Å². The van der Waals surface area contributed by atoms with E-state index in [2.05, 4.69) is 5.32 Å². The average molecular weight is 256 g/mol. The van der Waals surface area contributed by atoms with Gasteiger partial charge in [0.05, 0.1) is 6.54 Å². The van der Waals surface area contributed by atoms with Crippen LogP contribution in [0, 0.1) is 0 Å². The largest absolute Gasteiger partial charge is 0.348 e. The molecule has 0 bridgehead atoms. The molecule has 6 nitrogen and oxygen atoms in total. The topological polar surface area (TPSA) is 55.9 Å². The first-order valence-corrected chi connectivity index (χ1v) is 6.38. The zero-order valence-corrected chi connectivity index (χ0v) is 11.6. The van der Waals surface area contributed by atoms with Crippen molar-refractivity contribution in [1.29, 1.82) is 0 Å². The van der Waals surface area contributed by atoms with Gasteiger partial charge in [0.1, 0.15) is 0 Å². The zero-order valence-electron chi connectivity index (χ0n) is 11.6. The van der Waals surface area contributed by atoms with Crippen LogP contribution in [0.3, 0.4) is 0 Å². The predicted octanol–water partition coefficient (Wildman–Crippen LogP) is -1.17. The average Bonchev–Trinajstić information content (AvgIpc) is 2.36. The Kier molecular flexibility index (Phi) is 6.07. The molecule has 1 heterocycles. The van der Waals surface area contributed by atoms with Crippen LogP contribution in [0.25, 0.3) is 0 Å². The fourth-order valence-electron chi connectivity index (χ4n) is 1.81. The second-order valence-corrected chi connectivity index (χ2v) is 4.91. The molecular weight excluding hydrogens is 232 g/mol. The minimum Gasteiger partial charge on any atom is -0.348 e. The first-order chi connectivity index (χ1) is 8.50. The molecule has 2 amide bonds. The number of hydrogen-bond donors (Lipinski definition) is 1. The van der Waals surface area contributed by atoms with Crippen molar-refractivity contribution in [1.82, 2.24) is 20.0 Å². The SMILES string of the molecule is CN(CCC(=O)N1CCNCC1)CC(=O)N(C)C. The summed E-state index contributed by atoms with van der Waals surface area (Å²) in [5.41, 5.74) is 0. The fraction of sp³-hybridized carbons (Fsp3) is 0.833. The number of rotatable bonds is 5. The van der Waals surface area contributed by atoms with E-state index in [9.17, 15) is 9.59 Å². The van der Waals surface area contributed by atoms with Crippen LogP contribution in [0.5, 0.6) is 0 Å². The van der Waals surface area contributed by atoms with E-state index < -0.39 is 0 Å². The molecule has 0 atom stereocenters. The number of carbonyl (C=O) groups excluding carboxylic acids is 2. The summed E-state index contributed by atoms with van der Waals surface area (Å²) in [6.45, 7) is 4.32. The van der Waals surface area contributed by atoms with E-state index in [1.54, 1.807) is 19.0 Å². The highest BCUT2D eigenvalue weighted by atomic mass is 16.2. The standard InChI is InChI=1S/C12H24N4O2/c1-14(2)12(18)10-15(3)7-4-11(17)16-8-5-13-6-9-16/h13H,4-10H2,1-3H3. The number of nitrogens with zero attached hydrogens (tertiary/aromatic N) is 3. The molecule has 0 aromatic heterocycles. The molecule has 1 N–H and O–H groups in total. The first-order valence-electron chi connectivity index (χ1n) is 6.38. The lowest BCUT2D eigenvalue weighted by atomic mass is 10.3. The van der Waals surface area contributed by atoms with E-state index in [0.29, 0.717) is 19.5 Å². The molecule has 0 aromatic rings. The number of likely N-dealkylation sites (N-methyl/N-ethyl adjacent to an activating group) is 2. The molecule has 0 unspecified atom stereocenters. The molecule has 1 fully saturated rings. The van der Waals surface area contributed by atoms with E-state index in [0.717, 1.165) is 26.2 Å². The maximum absolute atomic E-state index is 11.9. The van der Waals surface area contributed by atoms with Crippen LogP contribution in [-0.4, -0.2) is 86.9 Å². The van der Waals surface area contributed by atoms with Crippen LogP contribution in [0.2, 0.25) is 0 Å². The van der Waals surface area contributed by atoms with Crippen LogP contribution in [0.4, 0.5) is 0 Å². The van der Waals surface area contributed by atoms with Crippen LogP contribution in [0.15, 0.2) is 0 Å². The Morgan fingerprint density at radius 3 is 2.33 bits per heavy atom. The Balaban J connectivity index is 2.22. The van der Waals surface area contributed by atoms with Crippen molar-refractivity contribution in [3.8, 4) is 0 Å². The van der Waals surface area contributed by atoms with E-state index in [-0.39, 0.29) is 11.8 Å². The normalized spacial score (nSPS) is 15.9. The highest BCUT2D eigenvalue weighted by molar-refractivity contribution is 5.78. The third-order valence-electron chi connectivity index (χ3n) is 3.08. The quantitative estimate of drug-likeness (QED) is 0.673. The van der Waals surface area contributed by atoms with Crippen LogP contribution >= 0.6 is 0 Å². The van der Waals surface area contributed by atoms with Crippen molar-refractivity contribution < 1.29 is 9.59 Å². The van der Waals surface area contributed by atoms with Crippen LogP contribution in [0.1, 0.15) is 6.42 Å². The van der Waals surface area contributed by atoms with Gasteiger partial charge < -0.3 is 15.1 Å². The molecule has 0 saturated carbocycles. The van der Waals surface area contributed by atoms with E-state index in [4.69, 9.17) is 0 Å². The van der Waals surface area contributed by atoms with Gasteiger partial charge >= 0.3 is 0 Å². The summed E-state index contributed by atoms with van der Waals surface area (Å²) < 4.78 is 0. The predicted molar refractivity (Wildman–Crippen MR) is 70.3 cm³/mol. The van der Waals surface area contributed by atoms with Gasteiger partial charge in [0.15, 0.2) is 0 Å². The number of carbonyl (C=O) groups is 2. The molecule has 1 rings (SSSR count). The highest BCUT2D eigenvalue weighted by Crippen LogP contribution is 1.98. The summed E-state index contributed by atoms with van der Waals surface area (Å²) in [6, 6.07) is 0. The van der Waals surface area contributed by atoms with Crippen molar-refractivity contribution in [3.63, 3.8) is 0 Å². The Morgan fingerprint density at radius 1 is 1.17 bits per heavy atom. The summed E-state index contributed by atoms with van der Waals surface area (Å²) >= 11 is 0. The minimum atomic E-state index is 0.0621. The maximum atomic E-state index is 11.9. The van der Waals surface area contributed by atoms with Gasteiger partial charge in [0, 0.05) is 53.2 Å². The van der Waals surface area contributed by atoms with Gasteiger partial charge in [-0.1, -0.05) is 0 Å². The number of nitrogens with one attached hydrogen (secondary N) is 1. The summed E-state index contributed by atoms with van der Waals surface area (Å²) in [5.74, 6) is 0.243. The van der Waals surface area contributed by atoms with Crippen LogP contribution < -0.4 is 5.32 Å². The molecule has 0 radical (unpaired) electrons. The Bertz CT molecular complexity index is 288. The molecule has 0 aromatic carbocycles. The van der Waals surface area contributed by atoms with Crippen molar-refractivity contribution in [2.45, 2.75) is 6.42 Å². The molecule has 1 saturated heterocycles. The van der Waals surface area contributed by atoms with E-state index in [1.807, 2.05) is 16.8 Å². The fourth-order valence-corrected chi connectivity index (χ4v) is 1.81. The second kappa shape index (κ2) is 7.33. The highest BCUT2D eigenvalue weighted by Gasteiger charge is 2.17. The number of hydrogen-bond acceptors (Lipinski definition) is 4. The molecule has 6 heteroatoms. The molecule has 1 aliphatic rings. The third-order valence-corrected chi connectivity index (χ3v) is 3.08. The second-order valence-electron chi connectivity index (χ2n) is 4.91. The van der Waals surface area contributed by atoms with Gasteiger partial charge in [-0.15, -0.1) is 0 Å². The molecule has 0 aliphatic carbocycles. The smallest absolute Gasteiger partial charge is 0.236 e. The van der Waals surface area contributed by atoms with Crippen molar-refractivity contribution in [2.24, 2.45) is 0 Å². The molecule has 1 aliphatic heterocycles. The van der Waals surface area contributed by atoms with Gasteiger partial charge in [-0.25, -0.2) is 0 Å². The lowest BCUT2D eigenvalue weighted by Gasteiger charge is -2.28. The maximum Gasteiger partial charge on any atom is 0.236 e. The van der Waals surface area contributed by atoms with Crippen molar-refractivity contribution in [3.05, 3.63) is 0 Å². The van der Waals surface area contributed by atoms with Gasteiger partial charge in [-0.05, 0) is 7.05 Å². The number of piperazine rings is 1. The molecule has 104 valence electrons. The van der Waals surface area contributed by atoms with E-state index in [1.165, 1.54) is 0 Å². The molecule has 0 spiro atoms. The zero-order chi connectivity index (χ0) is 13.5. The Hall–Kier alpha value is -1.14. The van der Waals surface area contributed by atoms with Crippen molar-refractivity contribution >= 4 is 11.8 Å². The summed E-state index contributed by atoms with van der Waals surface area (Å²) in [5, 5.41) is 3.22. The molecule has 18 heavy (non-hydrogen) atoms. The summed E-state index contributed by atoms with van der Waals surface area (Å²) in [7, 11) is 5.34. The Morgan fingerprint density at radius 2 is 1.78 bits per heavy atom. The number of amides is 2. The lowest BCUT2D eigenvalue weighted by Crippen LogP contribution is -2.47. The summed E-state index contributed by atoms with van der Waals surface area (Å²) in [6.07, 6.45) is 0.483. The Labute approximate surface area is 109 Å². The van der Waals surface area contributed by atoms with Gasteiger partial charge in [-0.3, -0.25) is 14.5 Å². The van der Waals surface area contributed by atoms with Gasteiger partial charge in [0.2, 0.25) is 11.8 Å². The van der Waals surface area contributed by atoms with E-state index >= 15 is 0 Å². The molecular formula is C12H24N4O2. The van der Waals surface area contributed by atoms with Gasteiger partial charge in [0.25, 0.3) is 0 Å². The lowest BCUT2D eigenvalue weighted by molar-refractivity contribution is -0.133. The monoisotopic (exact) mass is 256 g/mol. The van der Waals surface area contributed by atoms with Crippen molar-refractivity contribution in [2.75, 3.05) is 60.4 Å². The first kappa shape index (κ1) is 14.9. The minimum absolute atomic E-state index is 0.0621. The summed E-state index contributed by atoms with van der Waals surface area (Å²) in [4.78, 5) is 28.7. The van der Waals surface area contributed by atoms with Gasteiger partial charge in [-0.2, -0.15) is 0 Å². The third kappa shape index (κ3) is 5.01.